The van der Waals surface area contributed by atoms with Gasteiger partial charge in [0.25, 0.3) is 5.91 Å². The molecule has 8 heteroatoms. The van der Waals surface area contributed by atoms with Crippen LogP contribution >= 0.6 is 0 Å². The van der Waals surface area contributed by atoms with E-state index in [2.05, 4.69) is 0 Å². The number of hydrogen-bond acceptors (Lipinski definition) is 3. The number of nitrogens with zero attached hydrogens (tertiary/aromatic N) is 3. The molecule has 132 valence electrons. The van der Waals surface area contributed by atoms with Crippen LogP contribution in [0, 0.1) is 11.6 Å². The number of halogens is 2. The van der Waals surface area contributed by atoms with Gasteiger partial charge in [-0.05, 0) is 25.0 Å². The Morgan fingerprint density at radius 3 is 2.52 bits per heavy atom. The summed E-state index contributed by atoms with van der Waals surface area (Å²) in [6, 6.07) is 2.31. The SMILES string of the molecule is O=C(c1cccc(F)c1F)N1CCN2C(=O)[C@@H]3CCCN3C(=O)[C@H]2C1. The van der Waals surface area contributed by atoms with E-state index < -0.39 is 23.6 Å². The molecular formula is C17H17F2N3O3. The van der Waals surface area contributed by atoms with Crippen LogP contribution in [0.4, 0.5) is 8.78 Å². The third-order valence-electron chi connectivity index (χ3n) is 5.24. The lowest BCUT2D eigenvalue weighted by Crippen LogP contribution is -2.69. The highest BCUT2D eigenvalue weighted by Crippen LogP contribution is 2.29. The van der Waals surface area contributed by atoms with Gasteiger partial charge in [-0.2, -0.15) is 0 Å². The largest absolute Gasteiger partial charge is 0.334 e. The van der Waals surface area contributed by atoms with Gasteiger partial charge in [0.15, 0.2) is 11.6 Å². The Labute approximate surface area is 143 Å². The van der Waals surface area contributed by atoms with E-state index in [1.807, 2.05) is 0 Å². The summed E-state index contributed by atoms with van der Waals surface area (Å²) in [5, 5.41) is 0. The molecule has 4 rings (SSSR count). The lowest BCUT2D eigenvalue weighted by atomic mass is 10.0. The second-order valence-electron chi connectivity index (χ2n) is 6.59. The molecule has 1 aromatic carbocycles. The third kappa shape index (κ3) is 2.39. The normalized spacial score (nSPS) is 25.9. The van der Waals surface area contributed by atoms with E-state index in [0.29, 0.717) is 13.0 Å². The Morgan fingerprint density at radius 1 is 1.00 bits per heavy atom. The molecule has 3 fully saturated rings. The van der Waals surface area contributed by atoms with Crippen LogP contribution in [0.3, 0.4) is 0 Å². The van der Waals surface area contributed by atoms with Crippen molar-refractivity contribution in [3.8, 4) is 0 Å². The summed E-state index contributed by atoms with van der Waals surface area (Å²) in [5.74, 6) is -3.19. The number of amides is 3. The summed E-state index contributed by atoms with van der Waals surface area (Å²) in [5.41, 5.74) is -0.359. The summed E-state index contributed by atoms with van der Waals surface area (Å²) in [6.45, 7) is 0.966. The molecule has 25 heavy (non-hydrogen) atoms. The monoisotopic (exact) mass is 349 g/mol. The lowest BCUT2D eigenvalue weighted by molar-refractivity contribution is -0.162. The summed E-state index contributed by atoms with van der Waals surface area (Å²) in [6.07, 6.45) is 1.46. The van der Waals surface area contributed by atoms with E-state index in [0.717, 1.165) is 12.5 Å². The van der Waals surface area contributed by atoms with E-state index in [9.17, 15) is 23.2 Å². The van der Waals surface area contributed by atoms with Gasteiger partial charge in [0.2, 0.25) is 11.8 Å². The Bertz CT molecular complexity index is 770. The maximum Gasteiger partial charge on any atom is 0.257 e. The fraction of sp³-hybridized carbons (Fsp3) is 0.471. The minimum Gasteiger partial charge on any atom is -0.334 e. The van der Waals surface area contributed by atoms with Gasteiger partial charge in [0.05, 0.1) is 12.1 Å². The van der Waals surface area contributed by atoms with Crippen molar-refractivity contribution in [3.63, 3.8) is 0 Å². The Morgan fingerprint density at radius 2 is 1.72 bits per heavy atom. The molecule has 3 aliphatic rings. The lowest BCUT2D eigenvalue weighted by Gasteiger charge is -2.47. The number of rotatable bonds is 1. The molecule has 0 N–H and O–H groups in total. The first-order valence-corrected chi connectivity index (χ1v) is 8.33. The molecule has 3 heterocycles. The molecule has 0 aliphatic carbocycles. The number of piperazine rings is 2. The van der Waals surface area contributed by atoms with Crippen molar-refractivity contribution in [2.24, 2.45) is 0 Å². The van der Waals surface area contributed by atoms with Crippen LogP contribution < -0.4 is 0 Å². The van der Waals surface area contributed by atoms with Gasteiger partial charge >= 0.3 is 0 Å². The summed E-state index contributed by atoms with van der Waals surface area (Å²) in [7, 11) is 0. The molecule has 0 spiro atoms. The maximum absolute atomic E-state index is 13.9. The summed E-state index contributed by atoms with van der Waals surface area (Å²) < 4.78 is 27.3. The predicted octanol–water partition coefficient (Wildman–Crippen LogP) is 0.622. The van der Waals surface area contributed by atoms with Gasteiger partial charge in [0, 0.05) is 19.6 Å². The number of carbonyl (C=O) groups is 3. The maximum atomic E-state index is 13.9. The van der Waals surface area contributed by atoms with Crippen molar-refractivity contribution < 1.29 is 23.2 Å². The first-order chi connectivity index (χ1) is 12.0. The summed E-state index contributed by atoms with van der Waals surface area (Å²) >= 11 is 0. The van der Waals surface area contributed by atoms with E-state index >= 15 is 0 Å². The molecule has 0 aromatic heterocycles. The fourth-order valence-electron chi connectivity index (χ4n) is 3.95. The predicted molar refractivity (Wildman–Crippen MR) is 82.5 cm³/mol. The van der Waals surface area contributed by atoms with Gasteiger partial charge < -0.3 is 14.7 Å². The molecule has 6 nitrogen and oxygen atoms in total. The number of carbonyl (C=O) groups excluding carboxylic acids is 3. The van der Waals surface area contributed by atoms with Crippen LogP contribution in [0.15, 0.2) is 18.2 Å². The zero-order valence-corrected chi connectivity index (χ0v) is 13.5. The number of fused-ring (bicyclic) bond motifs is 2. The topological polar surface area (TPSA) is 60.9 Å². The van der Waals surface area contributed by atoms with Crippen molar-refractivity contribution in [3.05, 3.63) is 35.4 Å². The van der Waals surface area contributed by atoms with E-state index in [4.69, 9.17) is 0 Å². The second kappa shape index (κ2) is 5.79. The molecule has 0 bridgehead atoms. The highest BCUT2D eigenvalue weighted by atomic mass is 19.2. The van der Waals surface area contributed by atoms with Crippen molar-refractivity contribution in [2.45, 2.75) is 24.9 Å². The van der Waals surface area contributed by atoms with Gasteiger partial charge in [-0.1, -0.05) is 6.07 Å². The molecule has 0 radical (unpaired) electrons. The standard InChI is InChI=1S/C17H17F2N3O3/c18-11-4-1-3-10(14(11)19)15(23)20-7-8-22-13(9-20)17(25)21-6-2-5-12(21)16(22)24/h1,3-4,12-13H,2,5-9H2/t12-,13+/m0/s1. The molecule has 0 saturated carbocycles. The zero-order valence-electron chi connectivity index (χ0n) is 13.5. The first kappa shape index (κ1) is 16.0. The van der Waals surface area contributed by atoms with Crippen LogP contribution in [-0.4, -0.2) is 70.7 Å². The minimum atomic E-state index is -1.19. The molecule has 1 aromatic rings. The molecule has 0 unspecified atom stereocenters. The van der Waals surface area contributed by atoms with Crippen molar-refractivity contribution >= 4 is 17.7 Å². The summed E-state index contributed by atoms with van der Waals surface area (Å²) in [4.78, 5) is 42.2. The van der Waals surface area contributed by atoms with Gasteiger partial charge in [-0.3, -0.25) is 14.4 Å². The van der Waals surface area contributed by atoms with Crippen LogP contribution in [0.5, 0.6) is 0 Å². The van der Waals surface area contributed by atoms with E-state index in [1.54, 1.807) is 4.90 Å². The molecule has 3 amide bonds. The smallest absolute Gasteiger partial charge is 0.257 e. The van der Waals surface area contributed by atoms with Gasteiger partial charge in [-0.25, -0.2) is 8.78 Å². The van der Waals surface area contributed by atoms with Crippen molar-refractivity contribution in [1.29, 1.82) is 0 Å². The van der Waals surface area contributed by atoms with Gasteiger partial charge in [-0.15, -0.1) is 0 Å². The quantitative estimate of drug-likeness (QED) is 0.747. The molecule has 3 saturated heterocycles. The van der Waals surface area contributed by atoms with Crippen LogP contribution in [0.2, 0.25) is 0 Å². The second-order valence-corrected chi connectivity index (χ2v) is 6.59. The molecule has 3 aliphatic heterocycles. The number of benzene rings is 1. The first-order valence-electron chi connectivity index (χ1n) is 8.33. The Hall–Kier alpha value is -2.51. The van der Waals surface area contributed by atoms with E-state index in [1.165, 1.54) is 21.9 Å². The molecule has 2 atom stereocenters. The van der Waals surface area contributed by atoms with Crippen molar-refractivity contribution in [2.75, 3.05) is 26.2 Å². The average molecular weight is 349 g/mol. The number of hydrogen-bond donors (Lipinski definition) is 0. The van der Waals surface area contributed by atoms with Gasteiger partial charge in [0.1, 0.15) is 12.1 Å². The van der Waals surface area contributed by atoms with Crippen LogP contribution in [-0.2, 0) is 9.59 Å². The average Bonchev–Trinajstić information content (AvgIpc) is 3.11. The minimum absolute atomic E-state index is 0.00256. The highest BCUT2D eigenvalue weighted by molar-refractivity contribution is 5.99. The third-order valence-corrected chi connectivity index (χ3v) is 5.24. The van der Waals surface area contributed by atoms with Crippen molar-refractivity contribution in [1.82, 2.24) is 14.7 Å². The van der Waals surface area contributed by atoms with Crippen LogP contribution in [0.25, 0.3) is 0 Å². The fourth-order valence-corrected chi connectivity index (χ4v) is 3.95. The van der Waals surface area contributed by atoms with E-state index in [-0.39, 0.29) is 43.1 Å². The van der Waals surface area contributed by atoms with Crippen LogP contribution in [0.1, 0.15) is 23.2 Å². The molecular weight excluding hydrogens is 332 g/mol. The highest BCUT2D eigenvalue weighted by Gasteiger charge is 2.50. The Balaban J connectivity index is 1.57. The Kier molecular flexibility index (Phi) is 3.70. The zero-order chi connectivity index (χ0) is 17.7.